The number of halogens is 1. The summed E-state index contributed by atoms with van der Waals surface area (Å²) in [6.07, 6.45) is 1.71. The summed E-state index contributed by atoms with van der Waals surface area (Å²) < 4.78 is 1.92. The Morgan fingerprint density at radius 2 is 2.05 bits per heavy atom. The molecule has 0 amide bonds. The molecule has 1 aromatic carbocycles. The van der Waals surface area contributed by atoms with Gasteiger partial charge in [-0.1, -0.05) is 35.9 Å². The molecule has 6 heteroatoms. The van der Waals surface area contributed by atoms with Crippen LogP contribution in [0.2, 0.25) is 5.15 Å². The van der Waals surface area contributed by atoms with Crippen LogP contribution < -0.4 is 5.73 Å². The molecule has 96 valence electrons. The summed E-state index contributed by atoms with van der Waals surface area (Å²) in [7, 11) is 0. The van der Waals surface area contributed by atoms with E-state index < -0.39 is 0 Å². The van der Waals surface area contributed by atoms with E-state index in [1.807, 2.05) is 16.7 Å². The maximum absolute atomic E-state index is 6.00. The highest BCUT2D eigenvalue weighted by molar-refractivity contribution is 6.33. The molecule has 0 atom stereocenters. The van der Waals surface area contributed by atoms with Gasteiger partial charge in [0.15, 0.2) is 10.8 Å². The SMILES string of the molecule is Cc1ccccc1Cn1cnc2c(Cl)nc(N)nc21. The zero-order valence-corrected chi connectivity index (χ0v) is 11.1. The van der Waals surface area contributed by atoms with E-state index in [0.29, 0.717) is 17.7 Å². The van der Waals surface area contributed by atoms with Gasteiger partial charge in [0.05, 0.1) is 12.9 Å². The minimum absolute atomic E-state index is 0.157. The molecule has 0 aliphatic carbocycles. The molecule has 2 N–H and O–H groups in total. The molecule has 19 heavy (non-hydrogen) atoms. The monoisotopic (exact) mass is 273 g/mol. The molecule has 0 unspecified atom stereocenters. The number of aryl methyl sites for hydroxylation is 1. The van der Waals surface area contributed by atoms with Crippen LogP contribution in [0.15, 0.2) is 30.6 Å². The smallest absolute Gasteiger partial charge is 0.223 e. The molecule has 0 aliphatic rings. The van der Waals surface area contributed by atoms with Crippen molar-refractivity contribution in [1.29, 1.82) is 0 Å². The fraction of sp³-hybridized carbons (Fsp3) is 0.154. The van der Waals surface area contributed by atoms with E-state index in [-0.39, 0.29) is 11.1 Å². The number of nitrogens with two attached hydrogens (primary N) is 1. The fourth-order valence-electron chi connectivity index (χ4n) is 2.01. The van der Waals surface area contributed by atoms with Crippen LogP contribution in [0.5, 0.6) is 0 Å². The topological polar surface area (TPSA) is 69.6 Å². The van der Waals surface area contributed by atoms with E-state index in [0.717, 1.165) is 0 Å². The van der Waals surface area contributed by atoms with E-state index in [1.54, 1.807) is 6.33 Å². The van der Waals surface area contributed by atoms with Crippen LogP contribution >= 0.6 is 11.6 Å². The van der Waals surface area contributed by atoms with Crippen LogP contribution in [-0.4, -0.2) is 19.5 Å². The largest absolute Gasteiger partial charge is 0.368 e. The minimum Gasteiger partial charge on any atom is -0.368 e. The molecule has 2 heterocycles. The quantitative estimate of drug-likeness (QED) is 0.728. The Morgan fingerprint density at radius 3 is 2.84 bits per heavy atom. The predicted octanol–water partition coefficient (Wildman–Crippen LogP) is 2.42. The van der Waals surface area contributed by atoms with E-state index in [1.165, 1.54) is 11.1 Å². The van der Waals surface area contributed by atoms with Gasteiger partial charge in [-0.25, -0.2) is 4.98 Å². The lowest BCUT2D eigenvalue weighted by molar-refractivity contribution is 0.808. The molecule has 3 aromatic rings. The highest BCUT2D eigenvalue weighted by atomic mass is 35.5. The lowest BCUT2D eigenvalue weighted by Crippen LogP contribution is -2.03. The summed E-state index contributed by atoms with van der Waals surface area (Å²) in [6, 6.07) is 8.18. The van der Waals surface area contributed by atoms with Gasteiger partial charge in [-0.3, -0.25) is 0 Å². The van der Waals surface area contributed by atoms with Gasteiger partial charge in [0.25, 0.3) is 0 Å². The fourth-order valence-corrected chi connectivity index (χ4v) is 2.23. The third-order valence-corrected chi connectivity index (χ3v) is 3.30. The van der Waals surface area contributed by atoms with Gasteiger partial charge in [-0.15, -0.1) is 0 Å². The van der Waals surface area contributed by atoms with Gasteiger partial charge >= 0.3 is 0 Å². The van der Waals surface area contributed by atoms with Crippen molar-refractivity contribution in [3.63, 3.8) is 0 Å². The van der Waals surface area contributed by atoms with Gasteiger partial charge in [0, 0.05) is 0 Å². The number of anilines is 1. The van der Waals surface area contributed by atoms with Crippen LogP contribution in [0.3, 0.4) is 0 Å². The molecule has 5 nitrogen and oxygen atoms in total. The third kappa shape index (κ3) is 2.13. The maximum atomic E-state index is 6.00. The summed E-state index contributed by atoms with van der Waals surface area (Å²) in [4.78, 5) is 12.3. The van der Waals surface area contributed by atoms with E-state index in [9.17, 15) is 0 Å². The summed E-state index contributed by atoms with van der Waals surface area (Å²) >= 11 is 6.00. The molecule has 0 saturated carbocycles. The Bertz CT molecular complexity index is 750. The van der Waals surface area contributed by atoms with Crippen LogP contribution in [0.4, 0.5) is 5.95 Å². The van der Waals surface area contributed by atoms with E-state index in [4.69, 9.17) is 17.3 Å². The van der Waals surface area contributed by atoms with Crippen molar-refractivity contribution < 1.29 is 0 Å². The highest BCUT2D eigenvalue weighted by Gasteiger charge is 2.11. The number of hydrogen-bond acceptors (Lipinski definition) is 4. The Labute approximate surface area is 115 Å². The number of hydrogen-bond donors (Lipinski definition) is 1. The van der Waals surface area contributed by atoms with Crippen molar-refractivity contribution in [2.45, 2.75) is 13.5 Å². The molecule has 0 radical (unpaired) electrons. The Balaban J connectivity index is 2.09. The molecule has 0 aliphatic heterocycles. The second kappa shape index (κ2) is 4.51. The first-order valence-corrected chi connectivity index (χ1v) is 6.21. The molecule has 0 fully saturated rings. The van der Waals surface area contributed by atoms with E-state index >= 15 is 0 Å². The number of nitrogen functional groups attached to an aromatic ring is 1. The van der Waals surface area contributed by atoms with Gasteiger partial charge in [0.1, 0.15) is 5.52 Å². The van der Waals surface area contributed by atoms with Gasteiger partial charge in [0.2, 0.25) is 5.95 Å². The van der Waals surface area contributed by atoms with Crippen LogP contribution in [0.25, 0.3) is 11.2 Å². The molecule has 0 spiro atoms. The first-order chi connectivity index (χ1) is 9.15. The Morgan fingerprint density at radius 1 is 1.26 bits per heavy atom. The van der Waals surface area contributed by atoms with Gasteiger partial charge in [-0.05, 0) is 18.1 Å². The number of fused-ring (bicyclic) bond motifs is 1. The maximum Gasteiger partial charge on any atom is 0.223 e. The lowest BCUT2D eigenvalue weighted by Gasteiger charge is -2.07. The van der Waals surface area contributed by atoms with Crippen LogP contribution in [0.1, 0.15) is 11.1 Å². The summed E-state index contributed by atoms with van der Waals surface area (Å²) in [6.45, 7) is 2.75. The second-order valence-electron chi connectivity index (χ2n) is 4.34. The first-order valence-electron chi connectivity index (χ1n) is 5.83. The van der Waals surface area contributed by atoms with Crippen molar-refractivity contribution in [2.75, 3.05) is 5.73 Å². The predicted molar refractivity (Wildman–Crippen MR) is 75.0 cm³/mol. The number of benzene rings is 1. The van der Waals surface area contributed by atoms with E-state index in [2.05, 4.69) is 34.0 Å². The second-order valence-corrected chi connectivity index (χ2v) is 4.70. The number of imidazole rings is 1. The average molecular weight is 274 g/mol. The summed E-state index contributed by atoms with van der Waals surface area (Å²) in [5.74, 6) is 0.157. The molecule has 3 rings (SSSR count). The molecule has 0 bridgehead atoms. The van der Waals surface area contributed by atoms with Crippen molar-refractivity contribution >= 4 is 28.7 Å². The zero-order valence-electron chi connectivity index (χ0n) is 10.3. The minimum atomic E-state index is 0.157. The highest BCUT2D eigenvalue weighted by Crippen LogP contribution is 2.20. The summed E-state index contributed by atoms with van der Waals surface area (Å²) in [5.41, 5.74) is 9.28. The first kappa shape index (κ1) is 11.9. The van der Waals surface area contributed by atoms with Crippen molar-refractivity contribution in [3.8, 4) is 0 Å². The molecular formula is C13H12ClN5. The number of rotatable bonds is 2. The normalized spacial score (nSPS) is 11.1. The standard InChI is InChI=1S/C13H12ClN5/c1-8-4-2-3-5-9(8)6-19-7-16-10-11(14)17-13(15)18-12(10)19/h2-5,7H,6H2,1H3,(H2,15,17,18). The van der Waals surface area contributed by atoms with Crippen molar-refractivity contribution in [3.05, 3.63) is 46.9 Å². The van der Waals surface area contributed by atoms with Gasteiger partial charge < -0.3 is 10.3 Å². The molecule has 2 aromatic heterocycles. The third-order valence-electron chi connectivity index (χ3n) is 3.04. The van der Waals surface area contributed by atoms with Crippen LogP contribution in [-0.2, 0) is 6.54 Å². The Kier molecular flexibility index (Phi) is 2.83. The molecule has 0 saturated heterocycles. The zero-order chi connectivity index (χ0) is 13.4. The average Bonchev–Trinajstić information content (AvgIpc) is 2.76. The molecular weight excluding hydrogens is 262 g/mol. The van der Waals surface area contributed by atoms with Gasteiger partial charge in [-0.2, -0.15) is 9.97 Å². The number of nitrogens with zero attached hydrogens (tertiary/aromatic N) is 4. The summed E-state index contributed by atoms with van der Waals surface area (Å²) in [5, 5.41) is 0.283. The van der Waals surface area contributed by atoms with Crippen molar-refractivity contribution in [2.24, 2.45) is 0 Å². The van der Waals surface area contributed by atoms with Crippen molar-refractivity contribution in [1.82, 2.24) is 19.5 Å². The Hall–Kier alpha value is -2.14. The lowest BCUT2D eigenvalue weighted by atomic mass is 10.1. The van der Waals surface area contributed by atoms with Crippen LogP contribution in [0, 0.1) is 6.92 Å². The number of aromatic nitrogens is 4.